The van der Waals surface area contributed by atoms with E-state index in [9.17, 15) is 8.42 Å². The van der Waals surface area contributed by atoms with E-state index >= 15 is 0 Å². The molecule has 0 aliphatic heterocycles. The van der Waals surface area contributed by atoms with Gasteiger partial charge >= 0.3 is 0 Å². The van der Waals surface area contributed by atoms with Crippen LogP contribution in [-0.4, -0.2) is 8.42 Å². The molecule has 0 atom stereocenters. The fourth-order valence-electron chi connectivity index (χ4n) is 1.67. The molecule has 0 saturated carbocycles. The number of rotatable bonds is 3. The molecule has 0 fully saturated rings. The maximum absolute atomic E-state index is 12.3. The molecule has 19 heavy (non-hydrogen) atoms. The van der Waals surface area contributed by atoms with Gasteiger partial charge in [0.05, 0.1) is 4.90 Å². The Morgan fingerprint density at radius 2 is 1.79 bits per heavy atom. The van der Waals surface area contributed by atoms with E-state index in [1.807, 2.05) is 6.07 Å². The molecular weight excluding hydrogens is 328 g/mol. The zero-order valence-electron chi connectivity index (χ0n) is 10.2. The summed E-state index contributed by atoms with van der Waals surface area (Å²) in [7, 11) is -3.65. The molecule has 2 aromatic rings. The second-order valence-electron chi connectivity index (χ2n) is 4.09. The summed E-state index contributed by atoms with van der Waals surface area (Å²) in [6.07, 6.45) is 0. The van der Waals surface area contributed by atoms with Crippen LogP contribution in [-0.2, 0) is 10.0 Å². The molecule has 0 bridgehead atoms. The predicted octanol–water partition coefficient (Wildman–Crippen LogP) is 3.14. The van der Waals surface area contributed by atoms with Crippen molar-refractivity contribution in [3.8, 4) is 0 Å². The summed E-state index contributed by atoms with van der Waals surface area (Å²) in [6.45, 7) is 1.68. The van der Waals surface area contributed by atoms with E-state index in [2.05, 4.69) is 20.7 Å². The minimum Gasteiger partial charge on any atom is -0.398 e. The van der Waals surface area contributed by atoms with Gasteiger partial charge in [0.25, 0.3) is 10.0 Å². The number of benzene rings is 2. The third kappa shape index (κ3) is 3.08. The minimum atomic E-state index is -3.65. The Hall–Kier alpha value is -1.53. The van der Waals surface area contributed by atoms with Crippen LogP contribution in [0.25, 0.3) is 0 Å². The molecule has 0 spiro atoms. The maximum atomic E-state index is 12.3. The lowest BCUT2D eigenvalue weighted by Gasteiger charge is -2.12. The Balaban J connectivity index is 2.46. The van der Waals surface area contributed by atoms with E-state index in [-0.39, 0.29) is 4.90 Å². The largest absolute Gasteiger partial charge is 0.398 e. The van der Waals surface area contributed by atoms with Crippen LogP contribution in [0.3, 0.4) is 0 Å². The summed E-state index contributed by atoms with van der Waals surface area (Å²) in [4.78, 5) is 0.170. The first-order valence-electron chi connectivity index (χ1n) is 5.53. The Morgan fingerprint density at radius 1 is 1.16 bits per heavy atom. The fraction of sp³-hybridized carbons (Fsp3) is 0.0769. The molecular formula is C13H13BrN2O2S. The van der Waals surface area contributed by atoms with Crippen LogP contribution < -0.4 is 10.5 Å². The Bertz CT molecular complexity index is 700. The van der Waals surface area contributed by atoms with E-state index in [1.54, 1.807) is 37.3 Å². The van der Waals surface area contributed by atoms with Gasteiger partial charge in [-0.25, -0.2) is 8.42 Å². The van der Waals surface area contributed by atoms with Gasteiger partial charge in [0.2, 0.25) is 0 Å². The molecule has 6 heteroatoms. The van der Waals surface area contributed by atoms with Crippen LogP contribution in [0.4, 0.5) is 11.4 Å². The van der Waals surface area contributed by atoms with Gasteiger partial charge in [-0.15, -0.1) is 0 Å². The Labute approximate surface area is 120 Å². The number of anilines is 2. The molecule has 0 heterocycles. The molecule has 0 radical (unpaired) electrons. The van der Waals surface area contributed by atoms with Crippen molar-refractivity contribution in [1.82, 2.24) is 0 Å². The first-order chi connectivity index (χ1) is 8.90. The summed E-state index contributed by atoms with van der Waals surface area (Å²) < 4.78 is 27.8. The number of nitrogens with two attached hydrogens (primary N) is 1. The monoisotopic (exact) mass is 340 g/mol. The normalized spacial score (nSPS) is 11.3. The highest BCUT2D eigenvalue weighted by Gasteiger charge is 2.19. The van der Waals surface area contributed by atoms with E-state index in [4.69, 9.17) is 5.73 Å². The minimum absolute atomic E-state index is 0.170. The average molecular weight is 341 g/mol. The topological polar surface area (TPSA) is 72.2 Å². The highest BCUT2D eigenvalue weighted by Crippen LogP contribution is 2.27. The second-order valence-corrected chi connectivity index (χ2v) is 6.66. The lowest BCUT2D eigenvalue weighted by molar-refractivity contribution is 0.600. The SMILES string of the molecule is Cc1c(N)cc(Br)cc1S(=O)(=O)Nc1ccccc1. The summed E-state index contributed by atoms with van der Waals surface area (Å²) in [5, 5.41) is 0. The standard InChI is InChI=1S/C13H13BrN2O2S/c1-9-12(15)7-10(14)8-13(9)19(17,18)16-11-5-3-2-4-6-11/h2-8,16H,15H2,1H3. The molecule has 2 aromatic carbocycles. The van der Waals surface area contributed by atoms with Crippen LogP contribution in [0.5, 0.6) is 0 Å². The lowest BCUT2D eigenvalue weighted by Crippen LogP contribution is -2.15. The summed E-state index contributed by atoms with van der Waals surface area (Å²) in [6, 6.07) is 11.9. The van der Waals surface area contributed by atoms with Gasteiger partial charge in [-0.05, 0) is 36.8 Å². The molecule has 0 unspecified atom stereocenters. The third-order valence-corrected chi connectivity index (χ3v) is 4.65. The molecule has 0 aliphatic carbocycles. The van der Waals surface area contributed by atoms with Gasteiger partial charge in [-0.2, -0.15) is 0 Å². The third-order valence-electron chi connectivity index (χ3n) is 2.68. The van der Waals surface area contributed by atoms with Gasteiger partial charge in [-0.1, -0.05) is 34.1 Å². The first kappa shape index (κ1) is 13.9. The zero-order chi connectivity index (χ0) is 14.0. The Kier molecular flexibility index (Phi) is 3.82. The molecule has 0 aliphatic rings. The second kappa shape index (κ2) is 5.22. The van der Waals surface area contributed by atoms with Crippen molar-refractivity contribution in [3.63, 3.8) is 0 Å². The van der Waals surface area contributed by atoms with Crippen LogP contribution in [0.1, 0.15) is 5.56 Å². The van der Waals surface area contributed by atoms with E-state index in [1.165, 1.54) is 6.07 Å². The molecule has 0 amide bonds. The smallest absolute Gasteiger partial charge is 0.262 e. The van der Waals surface area contributed by atoms with Gasteiger partial charge in [-0.3, -0.25) is 4.72 Å². The van der Waals surface area contributed by atoms with Gasteiger partial charge in [0, 0.05) is 15.8 Å². The van der Waals surface area contributed by atoms with Crippen molar-refractivity contribution in [1.29, 1.82) is 0 Å². The number of nitrogens with one attached hydrogen (secondary N) is 1. The quantitative estimate of drug-likeness (QED) is 0.843. The van der Waals surface area contributed by atoms with Crippen molar-refractivity contribution in [2.24, 2.45) is 0 Å². The fourth-order valence-corrected chi connectivity index (χ4v) is 3.66. The number of hydrogen-bond acceptors (Lipinski definition) is 3. The maximum Gasteiger partial charge on any atom is 0.262 e. The van der Waals surface area contributed by atoms with Crippen molar-refractivity contribution >= 4 is 37.3 Å². The summed E-state index contributed by atoms with van der Waals surface area (Å²) in [5.41, 5.74) is 7.27. The van der Waals surface area contributed by atoms with Crippen LogP contribution in [0.15, 0.2) is 51.8 Å². The molecule has 4 nitrogen and oxygen atoms in total. The van der Waals surface area contributed by atoms with E-state index in [0.717, 1.165) is 0 Å². The van der Waals surface area contributed by atoms with Crippen molar-refractivity contribution in [3.05, 3.63) is 52.5 Å². The molecule has 0 saturated heterocycles. The number of sulfonamides is 1. The van der Waals surface area contributed by atoms with Gasteiger partial charge in [0.15, 0.2) is 0 Å². The van der Waals surface area contributed by atoms with E-state index in [0.29, 0.717) is 21.4 Å². The predicted molar refractivity (Wildman–Crippen MR) is 80.5 cm³/mol. The average Bonchev–Trinajstić information content (AvgIpc) is 2.34. The van der Waals surface area contributed by atoms with Crippen molar-refractivity contribution in [2.75, 3.05) is 10.5 Å². The van der Waals surface area contributed by atoms with Crippen LogP contribution >= 0.6 is 15.9 Å². The van der Waals surface area contributed by atoms with Crippen molar-refractivity contribution < 1.29 is 8.42 Å². The first-order valence-corrected chi connectivity index (χ1v) is 7.81. The highest BCUT2D eigenvalue weighted by atomic mass is 79.9. The molecule has 100 valence electrons. The van der Waals surface area contributed by atoms with Gasteiger partial charge < -0.3 is 5.73 Å². The van der Waals surface area contributed by atoms with Crippen LogP contribution in [0, 0.1) is 6.92 Å². The van der Waals surface area contributed by atoms with Gasteiger partial charge in [0.1, 0.15) is 0 Å². The summed E-state index contributed by atoms with van der Waals surface area (Å²) >= 11 is 3.25. The molecule has 0 aromatic heterocycles. The number of halogens is 1. The van der Waals surface area contributed by atoms with Crippen molar-refractivity contribution in [2.45, 2.75) is 11.8 Å². The lowest BCUT2D eigenvalue weighted by atomic mass is 10.2. The zero-order valence-corrected chi connectivity index (χ0v) is 12.6. The summed E-state index contributed by atoms with van der Waals surface area (Å²) in [5.74, 6) is 0. The number of hydrogen-bond donors (Lipinski definition) is 2. The van der Waals surface area contributed by atoms with Crippen LogP contribution in [0.2, 0.25) is 0 Å². The molecule has 2 rings (SSSR count). The van der Waals surface area contributed by atoms with E-state index < -0.39 is 10.0 Å². The number of nitrogen functional groups attached to an aromatic ring is 1. The molecule has 3 N–H and O–H groups in total. The highest BCUT2D eigenvalue weighted by molar-refractivity contribution is 9.10. The Morgan fingerprint density at radius 3 is 2.42 bits per heavy atom. The number of para-hydroxylation sites is 1.